The maximum absolute atomic E-state index is 12.4. The molecule has 1 N–H and O–H groups in total. The van der Waals surface area contributed by atoms with Crippen molar-refractivity contribution in [2.75, 3.05) is 31.1 Å². The van der Waals surface area contributed by atoms with Crippen LogP contribution in [0.3, 0.4) is 0 Å². The fraction of sp³-hybridized carbons (Fsp3) is 0.733. The molecule has 0 unspecified atom stereocenters. The Morgan fingerprint density at radius 1 is 1.40 bits per heavy atom. The second kappa shape index (κ2) is 7.43. The van der Waals surface area contributed by atoms with E-state index in [4.69, 9.17) is 0 Å². The second-order valence-corrected chi connectivity index (χ2v) is 5.48. The maximum atomic E-state index is 12.4. The van der Waals surface area contributed by atoms with Crippen LogP contribution in [0.4, 0.5) is 5.82 Å². The Morgan fingerprint density at radius 3 is 2.80 bits per heavy atom. The molecule has 0 aromatic carbocycles. The fourth-order valence-electron chi connectivity index (χ4n) is 2.81. The molecular formula is C15H26N4O. The van der Waals surface area contributed by atoms with Crippen molar-refractivity contribution in [3.63, 3.8) is 0 Å². The molecule has 0 aliphatic carbocycles. The lowest BCUT2D eigenvalue weighted by atomic mass is 9.97. The third-order valence-corrected chi connectivity index (χ3v) is 3.98. The van der Waals surface area contributed by atoms with Crippen molar-refractivity contribution >= 4 is 5.82 Å². The van der Waals surface area contributed by atoms with Gasteiger partial charge in [0.1, 0.15) is 0 Å². The van der Waals surface area contributed by atoms with Gasteiger partial charge in [-0.05, 0) is 45.2 Å². The molecule has 0 amide bonds. The van der Waals surface area contributed by atoms with Crippen LogP contribution in [0.15, 0.2) is 17.2 Å². The normalized spacial score (nSPS) is 16.3. The summed E-state index contributed by atoms with van der Waals surface area (Å²) in [6.07, 6.45) is 6.87. The summed E-state index contributed by atoms with van der Waals surface area (Å²) in [6, 6.07) is 0. The molecule has 2 heterocycles. The van der Waals surface area contributed by atoms with Crippen LogP contribution in [0.5, 0.6) is 0 Å². The van der Waals surface area contributed by atoms with Crippen LogP contribution >= 0.6 is 0 Å². The van der Waals surface area contributed by atoms with Crippen LogP contribution in [-0.2, 0) is 6.54 Å². The van der Waals surface area contributed by atoms with Crippen LogP contribution < -0.4 is 15.8 Å². The van der Waals surface area contributed by atoms with E-state index in [1.807, 2.05) is 0 Å². The summed E-state index contributed by atoms with van der Waals surface area (Å²) in [5, 5.41) is 3.38. The zero-order chi connectivity index (χ0) is 14.4. The lowest BCUT2D eigenvalue weighted by Crippen LogP contribution is -2.39. The zero-order valence-corrected chi connectivity index (χ0v) is 12.6. The highest BCUT2D eigenvalue weighted by atomic mass is 16.1. The summed E-state index contributed by atoms with van der Waals surface area (Å²) in [7, 11) is 0. The molecule has 1 saturated heterocycles. The van der Waals surface area contributed by atoms with E-state index < -0.39 is 0 Å². The summed E-state index contributed by atoms with van der Waals surface area (Å²) in [4.78, 5) is 18.9. The van der Waals surface area contributed by atoms with Crippen molar-refractivity contribution in [2.24, 2.45) is 5.92 Å². The molecule has 0 atom stereocenters. The Hall–Kier alpha value is -1.36. The molecular weight excluding hydrogens is 252 g/mol. The quantitative estimate of drug-likeness (QED) is 0.856. The molecule has 1 aromatic rings. The van der Waals surface area contributed by atoms with Crippen LogP contribution in [0.25, 0.3) is 0 Å². The van der Waals surface area contributed by atoms with Crippen LogP contribution in [0.2, 0.25) is 0 Å². The Balaban J connectivity index is 2.14. The van der Waals surface area contributed by atoms with Gasteiger partial charge in [-0.2, -0.15) is 0 Å². The van der Waals surface area contributed by atoms with Gasteiger partial charge < -0.3 is 14.8 Å². The lowest BCUT2D eigenvalue weighted by molar-refractivity contribution is 0.373. The molecule has 1 aromatic heterocycles. The average molecular weight is 278 g/mol. The Labute approximate surface area is 121 Å². The van der Waals surface area contributed by atoms with E-state index in [0.29, 0.717) is 11.7 Å². The van der Waals surface area contributed by atoms with Gasteiger partial charge in [0.2, 0.25) is 0 Å². The second-order valence-electron chi connectivity index (χ2n) is 5.48. The number of aromatic nitrogens is 2. The third-order valence-electron chi connectivity index (χ3n) is 3.98. The van der Waals surface area contributed by atoms with E-state index in [-0.39, 0.29) is 5.56 Å². The molecule has 0 bridgehead atoms. The van der Waals surface area contributed by atoms with Gasteiger partial charge in [-0.3, -0.25) is 4.79 Å². The minimum atomic E-state index is 0.0464. The number of nitrogens with one attached hydrogen (secondary N) is 1. The van der Waals surface area contributed by atoms with Gasteiger partial charge >= 0.3 is 0 Å². The van der Waals surface area contributed by atoms with Gasteiger partial charge in [-0.25, -0.2) is 4.98 Å². The topological polar surface area (TPSA) is 50.2 Å². The molecule has 1 fully saturated rings. The Kier molecular flexibility index (Phi) is 5.59. The average Bonchev–Trinajstić information content (AvgIpc) is 2.49. The number of aryl methyl sites for hydroxylation is 1. The molecule has 112 valence electrons. The molecule has 1 aliphatic rings. The van der Waals surface area contributed by atoms with Gasteiger partial charge in [0, 0.05) is 32.0 Å². The zero-order valence-electron chi connectivity index (χ0n) is 12.6. The molecule has 1 aliphatic heterocycles. The van der Waals surface area contributed by atoms with Crippen LogP contribution in [0.1, 0.15) is 33.1 Å². The number of anilines is 1. The van der Waals surface area contributed by atoms with Crippen molar-refractivity contribution < 1.29 is 0 Å². The van der Waals surface area contributed by atoms with E-state index in [2.05, 4.69) is 29.0 Å². The van der Waals surface area contributed by atoms with E-state index in [1.165, 1.54) is 12.8 Å². The standard InChI is InChI=1S/C15H26N4O/c1-3-10-19-11-9-17-14(15(19)20)18(4-2)12-13-5-7-16-8-6-13/h9,11,13,16H,3-8,10,12H2,1-2H3. The van der Waals surface area contributed by atoms with Gasteiger partial charge in [-0.15, -0.1) is 0 Å². The fourth-order valence-corrected chi connectivity index (χ4v) is 2.81. The van der Waals surface area contributed by atoms with E-state index >= 15 is 0 Å². The first-order chi connectivity index (χ1) is 9.76. The van der Waals surface area contributed by atoms with Crippen LogP contribution in [-0.4, -0.2) is 35.7 Å². The number of hydrogen-bond donors (Lipinski definition) is 1. The third kappa shape index (κ3) is 3.60. The highest BCUT2D eigenvalue weighted by molar-refractivity contribution is 5.35. The smallest absolute Gasteiger partial charge is 0.293 e. The van der Waals surface area contributed by atoms with Gasteiger partial charge in [-0.1, -0.05) is 6.92 Å². The van der Waals surface area contributed by atoms with Crippen molar-refractivity contribution in [3.8, 4) is 0 Å². The molecule has 20 heavy (non-hydrogen) atoms. The highest BCUT2D eigenvalue weighted by Crippen LogP contribution is 2.15. The number of rotatable bonds is 6. The van der Waals surface area contributed by atoms with Crippen molar-refractivity contribution in [2.45, 2.75) is 39.7 Å². The van der Waals surface area contributed by atoms with Gasteiger partial charge in [0.25, 0.3) is 5.56 Å². The van der Waals surface area contributed by atoms with E-state index in [1.54, 1.807) is 17.0 Å². The SMILES string of the molecule is CCCn1ccnc(N(CC)CC2CCNCC2)c1=O. The predicted octanol–water partition coefficient (Wildman–Crippen LogP) is 1.48. The summed E-state index contributed by atoms with van der Waals surface area (Å²) in [5.41, 5.74) is 0.0464. The maximum Gasteiger partial charge on any atom is 0.293 e. The van der Waals surface area contributed by atoms with Crippen molar-refractivity contribution in [3.05, 3.63) is 22.7 Å². The molecule has 5 nitrogen and oxygen atoms in total. The number of piperidine rings is 1. The van der Waals surface area contributed by atoms with Crippen LogP contribution in [0, 0.1) is 5.92 Å². The van der Waals surface area contributed by atoms with E-state index in [9.17, 15) is 4.79 Å². The van der Waals surface area contributed by atoms with E-state index in [0.717, 1.165) is 39.1 Å². The first-order valence-electron chi connectivity index (χ1n) is 7.77. The predicted molar refractivity (Wildman–Crippen MR) is 82.3 cm³/mol. The molecule has 5 heteroatoms. The minimum Gasteiger partial charge on any atom is -0.352 e. The number of hydrogen-bond acceptors (Lipinski definition) is 4. The summed E-state index contributed by atoms with van der Waals surface area (Å²) in [5.74, 6) is 1.28. The number of nitrogens with zero attached hydrogens (tertiary/aromatic N) is 3. The molecule has 2 rings (SSSR count). The monoisotopic (exact) mass is 278 g/mol. The molecule has 0 spiro atoms. The summed E-state index contributed by atoms with van der Waals surface area (Å²) >= 11 is 0. The molecule has 0 radical (unpaired) electrons. The largest absolute Gasteiger partial charge is 0.352 e. The van der Waals surface area contributed by atoms with Gasteiger partial charge in [0.05, 0.1) is 0 Å². The summed E-state index contributed by atoms with van der Waals surface area (Å²) < 4.78 is 1.77. The lowest BCUT2D eigenvalue weighted by Gasteiger charge is -2.29. The highest BCUT2D eigenvalue weighted by Gasteiger charge is 2.19. The summed E-state index contributed by atoms with van der Waals surface area (Å²) in [6.45, 7) is 8.89. The first-order valence-corrected chi connectivity index (χ1v) is 7.77. The van der Waals surface area contributed by atoms with Crippen molar-refractivity contribution in [1.82, 2.24) is 14.9 Å². The molecule has 0 saturated carbocycles. The Bertz CT molecular complexity index is 465. The minimum absolute atomic E-state index is 0.0464. The first kappa shape index (κ1) is 15.0. The Morgan fingerprint density at radius 2 is 2.15 bits per heavy atom. The van der Waals surface area contributed by atoms with Gasteiger partial charge in [0.15, 0.2) is 5.82 Å². The van der Waals surface area contributed by atoms with Crippen molar-refractivity contribution in [1.29, 1.82) is 0 Å².